The van der Waals surface area contributed by atoms with Crippen LogP contribution in [0.4, 0.5) is 9.59 Å². The summed E-state index contributed by atoms with van der Waals surface area (Å²) in [4.78, 5) is 26.3. The van der Waals surface area contributed by atoms with Crippen molar-refractivity contribution in [2.75, 3.05) is 13.7 Å². The van der Waals surface area contributed by atoms with Gasteiger partial charge in [-0.2, -0.15) is 0 Å². The Kier molecular flexibility index (Phi) is 8.07. The molecule has 0 atom stereocenters. The van der Waals surface area contributed by atoms with E-state index in [1.165, 1.54) is 0 Å². The van der Waals surface area contributed by atoms with Gasteiger partial charge in [-0.05, 0) is 49.9 Å². The summed E-state index contributed by atoms with van der Waals surface area (Å²) in [5, 5.41) is 0. The zero-order chi connectivity index (χ0) is 21.3. The number of ether oxygens (including phenoxy) is 3. The van der Waals surface area contributed by atoms with Crippen molar-refractivity contribution < 1.29 is 23.8 Å². The topological polar surface area (TPSA) is 65.1 Å². The summed E-state index contributed by atoms with van der Waals surface area (Å²) in [5.74, 6) is 0.718. The van der Waals surface area contributed by atoms with E-state index in [-0.39, 0.29) is 13.2 Å². The van der Waals surface area contributed by atoms with Crippen molar-refractivity contribution in [2.24, 2.45) is 0 Å². The first-order valence-corrected chi connectivity index (χ1v) is 9.68. The third-order valence-electron chi connectivity index (χ3n) is 4.64. The van der Waals surface area contributed by atoms with Crippen molar-refractivity contribution in [3.63, 3.8) is 0 Å². The van der Waals surface area contributed by atoms with E-state index >= 15 is 0 Å². The first-order valence-electron chi connectivity index (χ1n) is 9.68. The highest BCUT2D eigenvalue weighted by atomic mass is 16.6. The van der Waals surface area contributed by atoms with E-state index in [0.717, 1.165) is 21.8 Å². The molecule has 0 unspecified atom stereocenters. The number of imide groups is 1. The van der Waals surface area contributed by atoms with Crippen LogP contribution in [0.5, 0.6) is 5.75 Å². The molecule has 0 fully saturated rings. The minimum atomic E-state index is -0.728. The molecule has 2 aromatic rings. The number of amides is 2. The molecule has 2 rings (SSSR count). The smallest absolute Gasteiger partial charge is 0.419 e. The first-order chi connectivity index (χ1) is 13.8. The lowest BCUT2D eigenvalue weighted by molar-refractivity contribution is 0.00926. The van der Waals surface area contributed by atoms with Gasteiger partial charge in [-0.1, -0.05) is 49.4 Å². The molecular formula is C23H29NO5. The standard InChI is InChI=1S/C23H29NO5/c1-5-23(2,3)29-22(26)24(16-15-18-9-7-6-8-10-18)21(25)28-17-19-11-13-20(27-4)14-12-19/h6-14H,5,15-17H2,1-4H3. The fraction of sp³-hybridized carbons (Fsp3) is 0.391. The van der Waals surface area contributed by atoms with Crippen LogP contribution in [0.15, 0.2) is 54.6 Å². The van der Waals surface area contributed by atoms with Gasteiger partial charge in [-0.15, -0.1) is 0 Å². The number of hydrogen-bond donors (Lipinski definition) is 0. The number of carbonyl (C=O) groups is 2. The molecule has 0 aliphatic rings. The van der Waals surface area contributed by atoms with Crippen LogP contribution in [0.1, 0.15) is 38.3 Å². The molecule has 0 radical (unpaired) electrons. The maximum absolute atomic E-state index is 12.7. The Morgan fingerprint density at radius 1 is 0.931 bits per heavy atom. The van der Waals surface area contributed by atoms with E-state index in [1.807, 2.05) is 51.1 Å². The van der Waals surface area contributed by atoms with Gasteiger partial charge in [0, 0.05) is 6.54 Å². The molecule has 0 aliphatic carbocycles. The maximum atomic E-state index is 12.7. The van der Waals surface area contributed by atoms with Crippen LogP contribution in [-0.2, 0) is 22.5 Å². The summed E-state index contributed by atoms with van der Waals surface area (Å²) >= 11 is 0. The van der Waals surface area contributed by atoms with Gasteiger partial charge < -0.3 is 14.2 Å². The lowest BCUT2D eigenvalue weighted by Gasteiger charge is -2.27. The second kappa shape index (κ2) is 10.5. The van der Waals surface area contributed by atoms with Crippen LogP contribution in [0.3, 0.4) is 0 Å². The summed E-state index contributed by atoms with van der Waals surface area (Å²) in [7, 11) is 1.59. The van der Waals surface area contributed by atoms with E-state index in [4.69, 9.17) is 14.2 Å². The Hall–Kier alpha value is -3.02. The summed E-state index contributed by atoms with van der Waals surface area (Å²) in [5.41, 5.74) is 1.14. The van der Waals surface area contributed by atoms with Gasteiger partial charge in [-0.3, -0.25) is 0 Å². The Bertz CT molecular complexity index is 787. The van der Waals surface area contributed by atoms with E-state index < -0.39 is 17.8 Å². The van der Waals surface area contributed by atoms with Gasteiger partial charge in [0.15, 0.2) is 0 Å². The highest BCUT2D eigenvalue weighted by molar-refractivity contribution is 5.88. The van der Waals surface area contributed by atoms with Gasteiger partial charge in [0.05, 0.1) is 7.11 Å². The van der Waals surface area contributed by atoms with Gasteiger partial charge in [0.25, 0.3) is 0 Å². The summed E-state index contributed by atoms with van der Waals surface area (Å²) in [6.07, 6.45) is -0.284. The highest BCUT2D eigenvalue weighted by Gasteiger charge is 2.29. The molecule has 2 aromatic carbocycles. The van der Waals surface area contributed by atoms with Crippen molar-refractivity contribution in [3.8, 4) is 5.75 Å². The average molecular weight is 399 g/mol. The largest absolute Gasteiger partial charge is 0.497 e. The molecule has 0 aromatic heterocycles. The monoisotopic (exact) mass is 399 g/mol. The predicted molar refractivity (Wildman–Crippen MR) is 111 cm³/mol. The van der Waals surface area contributed by atoms with Gasteiger partial charge in [0.1, 0.15) is 18.0 Å². The summed E-state index contributed by atoms with van der Waals surface area (Å²) in [6.45, 7) is 5.76. The van der Waals surface area contributed by atoms with Crippen LogP contribution >= 0.6 is 0 Å². The molecule has 0 bridgehead atoms. The first kappa shape index (κ1) is 22.3. The normalized spacial score (nSPS) is 10.9. The minimum absolute atomic E-state index is 0.0507. The molecule has 6 nitrogen and oxygen atoms in total. The van der Waals surface area contributed by atoms with Crippen LogP contribution in [-0.4, -0.2) is 36.3 Å². The fourth-order valence-electron chi connectivity index (χ4n) is 2.45. The Morgan fingerprint density at radius 3 is 2.17 bits per heavy atom. The lowest BCUT2D eigenvalue weighted by Crippen LogP contribution is -2.42. The number of benzene rings is 2. The second-order valence-electron chi connectivity index (χ2n) is 7.27. The van der Waals surface area contributed by atoms with E-state index in [1.54, 1.807) is 31.4 Å². The molecular weight excluding hydrogens is 370 g/mol. The Balaban J connectivity index is 2.04. The van der Waals surface area contributed by atoms with Crippen molar-refractivity contribution in [2.45, 2.75) is 45.8 Å². The molecule has 0 saturated carbocycles. The molecule has 0 heterocycles. The van der Waals surface area contributed by atoms with E-state index in [9.17, 15) is 9.59 Å². The average Bonchev–Trinajstić information content (AvgIpc) is 2.73. The molecule has 2 amide bonds. The van der Waals surface area contributed by atoms with Gasteiger partial charge in [0.2, 0.25) is 0 Å². The fourth-order valence-corrected chi connectivity index (χ4v) is 2.45. The summed E-state index contributed by atoms with van der Waals surface area (Å²) < 4.78 is 16.0. The van der Waals surface area contributed by atoms with Crippen molar-refractivity contribution in [1.82, 2.24) is 4.90 Å². The van der Waals surface area contributed by atoms with Crippen molar-refractivity contribution in [1.29, 1.82) is 0 Å². The van der Waals surface area contributed by atoms with Gasteiger partial charge >= 0.3 is 12.2 Å². The number of rotatable bonds is 8. The van der Waals surface area contributed by atoms with Crippen LogP contribution < -0.4 is 4.74 Å². The molecule has 0 N–H and O–H groups in total. The van der Waals surface area contributed by atoms with Crippen LogP contribution in [0, 0.1) is 0 Å². The van der Waals surface area contributed by atoms with E-state index in [0.29, 0.717) is 12.8 Å². The van der Waals surface area contributed by atoms with E-state index in [2.05, 4.69) is 0 Å². The lowest BCUT2D eigenvalue weighted by atomic mass is 10.1. The number of methoxy groups -OCH3 is 1. The number of nitrogens with zero attached hydrogens (tertiary/aromatic N) is 1. The quantitative estimate of drug-likeness (QED) is 0.610. The SMILES string of the molecule is CCC(C)(C)OC(=O)N(CCc1ccccc1)C(=O)OCc1ccc(OC)cc1. The molecule has 0 aliphatic heterocycles. The van der Waals surface area contributed by atoms with Crippen LogP contribution in [0.25, 0.3) is 0 Å². The Labute approximate surface area is 172 Å². The minimum Gasteiger partial charge on any atom is -0.497 e. The predicted octanol–water partition coefficient (Wildman–Crippen LogP) is 5.20. The number of carbonyl (C=O) groups excluding carboxylic acids is 2. The Morgan fingerprint density at radius 2 is 1.59 bits per heavy atom. The zero-order valence-corrected chi connectivity index (χ0v) is 17.5. The highest BCUT2D eigenvalue weighted by Crippen LogP contribution is 2.17. The third kappa shape index (κ3) is 7.14. The third-order valence-corrected chi connectivity index (χ3v) is 4.64. The molecule has 6 heteroatoms. The van der Waals surface area contributed by atoms with Crippen molar-refractivity contribution >= 4 is 12.2 Å². The number of hydrogen-bond acceptors (Lipinski definition) is 5. The molecule has 0 spiro atoms. The molecule has 0 saturated heterocycles. The second-order valence-corrected chi connectivity index (χ2v) is 7.27. The zero-order valence-electron chi connectivity index (χ0n) is 17.5. The van der Waals surface area contributed by atoms with Gasteiger partial charge in [-0.25, -0.2) is 14.5 Å². The maximum Gasteiger partial charge on any atom is 0.419 e. The van der Waals surface area contributed by atoms with Crippen molar-refractivity contribution in [3.05, 3.63) is 65.7 Å². The summed E-state index contributed by atoms with van der Waals surface area (Å²) in [6, 6.07) is 16.8. The molecule has 29 heavy (non-hydrogen) atoms. The van der Waals surface area contributed by atoms with Crippen LogP contribution in [0.2, 0.25) is 0 Å². The molecule has 156 valence electrons.